The fourth-order valence-corrected chi connectivity index (χ4v) is 1.15. The fourth-order valence-electron chi connectivity index (χ4n) is 0.954. The minimum Gasteiger partial charge on any atom is -0.392 e. The lowest BCUT2D eigenvalue weighted by molar-refractivity contribution is -0.130. The molecule has 0 aromatic rings. The van der Waals surface area contributed by atoms with Gasteiger partial charge >= 0.3 is 0 Å². The first-order valence-corrected chi connectivity index (χ1v) is 4.05. The molecule has 0 aromatic heterocycles. The summed E-state index contributed by atoms with van der Waals surface area (Å²) in [7, 11) is 1.74. The third-order valence-electron chi connectivity index (χ3n) is 1.70. The average molecular weight is 172 g/mol. The lowest BCUT2D eigenvalue weighted by Gasteiger charge is -2.15. The second-order valence-corrected chi connectivity index (χ2v) is 3.46. The Bertz CT molecular complexity index is 189. The monoisotopic (exact) mass is 172 g/mol. The minimum atomic E-state index is 0.179. The van der Waals surface area contributed by atoms with Crippen LogP contribution < -0.4 is 5.73 Å². The van der Waals surface area contributed by atoms with Gasteiger partial charge in [0.25, 0.3) is 0 Å². The van der Waals surface area contributed by atoms with Crippen LogP contribution in [0.5, 0.6) is 0 Å². The van der Waals surface area contributed by atoms with Crippen LogP contribution >= 0.6 is 12.2 Å². The zero-order valence-electron chi connectivity index (χ0n) is 6.54. The number of nitrogens with two attached hydrogens (primary N) is 1. The molecule has 3 nitrogen and oxygen atoms in total. The normalized spacial score (nSPS) is 16.1. The van der Waals surface area contributed by atoms with Crippen LogP contribution in [0.3, 0.4) is 0 Å². The Labute approximate surface area is 71.5 Å². The van der Waals surface area contributed by atoms with Crippen molar-refractivity contribution in [3.63, 3.8) is 0 Å². The first-order chi connectivity index (χ1) is 5.11. The highest BCUT2D eigenvalue weighted by Crippen LogP contribution is 2.30. The summed E-state index contributed by atoms with van der Waals surface area (Å²) < 4.78 is 0. The van der Waals surface area contributed by atoms with Gasteiger partial charge in [-0.1, -0.05) is 12.2 Å². The van der Waals surface area contributed by atoms with Crippen molar-refractivity contribution in [2.75, 3.05) is 13.6 Å². The Balaban J connectivity index is 2.33. The van der Waals surface area contributed by atoms with Crippen LogP contribution in [0, 0.1) is 5.92 Å². The summed E-state index contributed by atoms with van der Waals surface area (Å²) >= 11 is 4.68. The molecule has 1 fully saturated rings. The second-order valence-electron chi connectivity index (χ2n) is 2.93. The first kappa shape index (κ1) is 8.46. The average Bonchev–Trinajstić information content (AvgIpc) is 2.65. The number of thiocarbonyl (C=S) groups is 1. The number of amides is 1. The van der Waals surface area contributed by atoms with Crippen LogP contribution in [-0.2, 0) is 4.79 Å². The predicted octanol–water partition coefficient (Wildman–Crippen LogP) is 0.141. The lowest BCUT2D eigenvalue weighted by Crippen LogP contribution is -2.35. The Morgan fingerprint density at radius 2 is 2.27 bits per heavy atom. The lowest BCUT2D eigenvalue weighted by atomic mass is 10.3. The zero-order valence-corrected chi connectivity index (χ0v) is 7.36. The van der Waals surface area contributed by atoms with Gasteiger partial charge in [-0.3, -0.25) is 4.79 Å². The predicted molar refractivity (Wildman–Crippen MR) is 47.1 cm³/mol. The highest BCUT2D eigenvalue weighted by Gasteiger charge is 2.31. The first-order valence-electron chi connectivity index (χ1n) is 3.64. The molecular formula is C7H12N2OS. The van der Waals surface area contributed by atoms with Gasteiger partial charge in [-0.05, 0) is 12.8 Å². The molecule has 0 radical (unpaired) electrons. The van der Waals surface area contributed by atoms with Crippen LogP contribution in [-0.4, -0.2) is 29.4 Å². The Morgan fingerprint density at radius 1 is 1.73 bits per heavy atom. The molecule has 0 spiro atoms. The number of carbonyl (C=O) groups excluding carboxylic acids is 1. The molecule has 0 heterocycles. The fraction of sp³-hybridized carbons (Fsp3) is 0.714. The van der Waals surface area contributed by atoms with Crippen molar-refractivity contribution < 1.29 is 4.79 Å². The van der Waals surface area contributed by atoms with Crippen molar-refractivity contribution in [3.8, 4) is 0 Å². The summed E-state index contributed by atoms with van der Waals surface area (Å²) in [6, 6.07) is 0. The maximum Gasteiger partial charge on any atom is 0.225 e. The standard InChI is InChI=1S/C7H12N2OS/c1-9(4-6(8)11)7(10)5-2-3-5/h5H,2-4H2,1H3,(H2,8,11). The maximum atomic E-state index is 11.3. The number of hydrogen-bond acceptors (Lipinski definition) is 2. The molecule has 1 saturated carbocycles. The third kappa shape index (κ3) is 2.46. The van der Waals surface area contributed by atoms with E-state index in [2.05, 4.69) is 12.2 Å². The maximum absolute atomic E-state index is 11.3. The summed E-state index contributed by atoms with van der Waals surface area (Å²) in [5, 5.41) is 0. The minimum absolute atomic E-state index is 0.179. The van der Waals surface area contributed by atoms with Gasteiger partial charge in [-0.2, -0.15) is 0 Å². The van der Waals surface area contributed by atoms with E-state index in [0.29, 0.717) is 11.5 Å². The van der Waals surface area contributed by atoms with Crippen molar-refractivity contribution in [2.24, 2.45) is 11.7 Å². The van der Waals surface area contributed by atoms with E-state index in [-0.39, 0.29) is 11.8 Å². The number of nitrogens with zero attached hydrogens (tertiary/aromatic N) is 1. The molecule has 0 saturated heterocycles. The van der Waals surface area contributed by atoms with E-state index in [1.54, 1.807) is 11.9 Å². The number of hydrogen-bond donors (Lipinski definition) is 1. The number of rotatable bonds is 3. The van der Waals surface area contributed by atoms with E-state index in [4.69, 9.17) is 5.73 Å². The van der Waals surface area contributed by atoms with E-state index in [1.807, 2.05) is 0 Å². The van der Waals surface area contributed by atoms with Gasteiger partial charge in [0.05, 0.1) is 11.5 Å². The Kier molecular flexibility index (Phi) is 2.44. The van der Waals surface area contributed by atoms with Crippen molar-refractivity contribution in [1.82, 2.24) is 4.90 Å². The summed E-state index contributed by atoms with van der Waals surface area (Å²) in [5.41, 5.74) is 5.29. The molecule has 0 aliphatic heterocycles. The number of carbonyl (C=O) groups is 1. The number of likely N-dealkylation sites (N-methyl/N-ethyl adjacent to an activating group) is 1. The van der Waals surface area contributed by atoms with E-state index >= 15 is 0 Å². The van der Waals surface area contributed by atoms with E-state index < -0.39 is 0 Å². The van der Waals surface area contributed by atoms with E-state index in [9.17, 15) is 4.79 Å². The van der Waals surface area contributed by atoms with Crippen molar-refractivity contribution in [3.05, 3.63) is 0 Å². The molecule has 11 heavy (non-hydrogen) atoms. The molecule has 2 N–H and O–H groups in total. The summed E-state index contributed by atoms with van der Waals surface area (Å²) in [5.74, 6) is 0.437. The van der Waals surface area contributed by atoms with E-state index in [1.165, 1.54) is 0 Å². The van der Waals surface area contributed by atoms with Crippen LogP contribution in [0.2, 0.25) is 0 Å². The van der Waals surface area contributed by atoms with E-state index in [0.717, 1.165) is 12.8 Å². The van der Waals surface area contributed by atoms with Gasteiger partial charge in [0.1, 0.15) is 0 Å². The molecule has 4 heteroatoms. The van der Waals surface area contributed by atoms with Gasteiger partial charge in [-0.25, -0.2) is 0 Å². The van der Waals surface area contributed by atoms with Crippen molar-refractivity contribution >= 4 is 23.1 Å². The van der Waals surface area contributed by atoms with Crippen molar-refractivity contribution in [2.45, 2.75) is 12.8 Å². The third-order valence-corrected chi connectivity index (χ3v) is 1.82. The second kappa shape index (κ2) is 3.17. The SMILES string of the molecule is CN(CC(N)=S)C(=O)C1CC1. The largest absolute Gasteiger partial charge is 0.392 e. The van der Waals surface area contributed by atoms with Crippen LogP contribution in [0.1, 0.15) is 12.8 Å². The van der Waals surface area contributed by atoms with Gasteiger partial charge in [0.15, 0.2) is 0 Å². The molecule has 0 aromatic carbocycles. The van der Waals surface area contributed by atoms with Crippen molar-refractivity contribution in [1.29, 1.82) is 0 Å². The van der Waals surface area contributed by atoms with Gasteiger partial charge < -0.3 is 10.6 Å². The summed E-state index contributed by atoms with van der Waals surface area (Å²) in [4.78, 5) is 13.2. The Morgan fingerprint density at radius 3 is 2.64 bits per heavy atom. The molecule has 1 aliphatic carbocycles. The molecule has 1 aliphatic rings. The topological polar surface area (TPSA) is 46.3 Å². The molecular weight excluding hydrogens is 160 g/mol. The molecule has 62 valence electrons. The summed E-state index contributed by atoms with van der Waals surface area (Å²) in [6.45, 7) is 0.407. The highest BCUT2D eigenvalue weighted by molar-refractivity contribution is 7.80. The molecule has 1 amide bonds. The zero-order chi connectivity index (χ0) is 8.43. The van der Waals surface area contributed by atoms with Gasteiger partial charge in [0.2, 0.25) is 5.91 Å². The summed E-state index contributed by atoms with van der Waals surface area (Å²) in [6.07, 6.45) is 2.06. The molecule has 0 atom stereocenters. The molecule has 1 rings (SSSR count). The van der Waals surface area contributed by atoms with Crippen LogP contribution in [0.25, 0.3) is 0 Å². The molecule has 0 unspecified atom stereocenters. The van der Waals surface area contributed by atoms with Crippen LogP contribution in [0.4, 0.5) is 0 Å². The quantitative estimate of drug-likeness (QED) is 0.616. The van der Waals surface area contributed by atoms with Crippen LogP contribution in [0.15, 0.2) is 0 Å². The molecule has 0 bridgehead atoms. The smallest absolute Gasteiger partial charge is 0.225 e. The van der Waals surface area contributed by atoms with Gasteiger partial charge in [0, 0.05) is 13.0 Å². The van der Waals surface area contributed by atoms with Gasteiger partial charge in [-0.15, -0.1) is 0 Å². The Hall–Kier alpha value is -0.640. The highest BCUT2D eigenvalue weighted by atomic mass is 32.1.